The van der Waals surface area contributed by atoms with E-state index in [-0.39, 0.29) is 11.9 Å². The molecule has 1 aliphatic heterocycles. The Kier molecular flexibility index (Phi) is 4.54. The lowest BCUT2D eigenvalue weighted by atomic mass is 9.89. The third kappa shape index (κ3) is 3.55. The largest absolute Gasteiger partial charge is 0.337 e. The van der Waals surface area contributed by atoms with Gasteiger partial charge in [-0.15, -0.1) is 0 Å². The van der Waals surface area contributed by atoms with Crippen LogP contribution in [-0.4, -0.2) is 29.9 Å². The number of benzene rings is 2. The molecule has 1 fully saturated rings. The van der Waals surface area contributed by atoms with Crippen LogP contribution in [0.2, 0.25) is 0 Å². The van der Waals surface area contributed by atoms with Gasteiger partial charge in [0.05, 0.1) is 0 Å². The number of likely N-dealkylation sites (tertiary alicyclic amines) is 1. The zero-order valence-corrected chi connectivity index (χ0v) is 12.7. The van der Waals surface area contributed by atoms with Crippen LogP contribution in [0, 0.1) is 5.92 Å². The van der Waals surface area contributed by atoms with Crippen LogP contribution in [0.3, 0.4) is 0 Å². The highest BCUT2D eigenvalue weighted by Gasteiger charge is 2.28. The molecule has 0 aromatic heterocycles. The first-order valence-electron chi connectivity index (χ1n) is 7.86. The van der Waals surface area contributed by atoms with E-state index in [1.54, 1.807) is 0 Å². The van der Waals surface area contributed by atoms with Crippen LogP contribution in [-0.2, 0) is 6.42 Å². The fourth-order valence-corrected chi connectivity index (χ4v) is 3.27. The van der Waals surface area contributed by atoms with Crippen molar-refractivity contribution >= 4 is 5.91 Å². The number of nitrogens with two attached hydrogens (primary N) is 1. The maximum Gasteiger partial charge on any atom is 0.253 e. The van der Waals surface area contributed by atoms with E-state index in [2.05, 4.69) is 24.3 Å². The first-order chi connectivity index (χ1) is 10.7. The van der Waals surface area contributed by atoms with Gasteiger partial charge >= 0.3 is 0 Å². The van der Waals surface area contributed by atoms with Gasteiger partial charge in [-0.25, -0.2) is 0 Å². The van der Waals surface area contributed by atoms with E-state index >= 15 is 0 Å². The lowest BCUT2D eigenvalue weighted by Gasteiger charge is -2.36. The summed E-state index contributed by atoms with van der Waals surface area (Å²) in [6.45, 7) is 1.44. The third-order valence-corrected chi connectivity index (χ3v) is 4.24. The molecule has 114 valence electrons. The Balaban J connectivity index is 1.69. The quantitative estimate of drug-likeness (QED) is 0.946. The van der Waals surface area contributed by atoms with Crippen LogP contribution >= 0.6 is 0 Å². The lowest BCUT2D eigenvalue weighted by Crippen LogP contribution is -2.49. The van der Waals surface area contributed by atoms with Crippen LogP contribution in [0.4, 0.5) is 0 Å². The number of rotatable bonds is 3. The molecule has 0 aliphatic carbocycles. The summed E-state index contributed by atoms with van der Waals surface area (Å²) in [5.41, 5.74) is 8.25. The van der Waals surface area contributed by atoms with Gasteiger partial charge in [0.15, 0.2) is 0 Å². The molecule has 2 unspecified atom stereocenters. The van der Waals surface area contributed by atoms with Crippen LogP contribution in [0.25, 0.3) is 0 Å². The van der Waals surface area contributed by atoms with Crippen molar-refractivity contribution in [1.82, 2.24) is 4.90 Å². The number of hydrogen-bond donors (Lipinski definition) is 1. The molecule has 2 aromatic carbocycles. The third-order valence-electron chi connectivity index (χ3n) is 4.24. The second-order valence-corrected chi connectivity index (χ2v) is 6.13. The smallest absolute Gasteiger partial charge is 0.253 e. The van der Waals surface area contributed by atoms with E-state index in [0.717, 1.165) is 24.9 Å². The SMILES string of the molecule is NC1CC(Cc2ccccc2)CN(C(=O)c2ccccc2)C1. The van der Waals surface area contributed by atoms with Gasteiger partial charge in [-0.3, -0.25) is 4.79 Å². The predicted molar refractivity (Wildman–Crippen MR) is 88.6 cm³/mol. The Bertz CT molecular complexity index is 612. The first-order valence-corrected chi connectivity index (χ1v) is 7.86. The van der Waals surface area contributed by atoms with Gasteiger partial charge < -0.3 is 10.6 Å². The fraction of sp³-hybridized carbons (Fsp3) is 0.316. The average molecular weight is 294 g/mol. The molecule has 22 heavy (non-hydrogen) atoms. The van der Waals surface area contributed by atoms with Gasteiger partial charge in [0.1, 0.15) is 0 Å². The van der Waals surface area contributed by atoms with E-state index in [4.69, 9.17) is 5.73 Å². The number of piperidine rings is 1. The van der Waals surface area contributed by atoms with Crippen molar-refractivity contribution in [1.29, 1.82) is 0 Å². The maximum atomic E-state index is 12.6. The number of carbonyl (C=O) groups excluding carboxylic acids is 1. The molecular formula is C19H22N2O. The number of hydrogen-bond acceptors (Lipinski definition) is 2. The van der Waals surface area contributed by atoms with Gasteiger partial charge in [-0.2, -0.15) is 0 Å². The summed E-state index contributed by atoms with van der Waals surface area (Å²) in [4.78, 5) is 14.5. The summed E-state index contributed by atoms with van der Waals surface area (Å²) in [6.07, 6.45) is 1.96. The van der Waals surface area contributed by atoms with Crippen LogP contribution < -0.4 is 5.73 Å². The average Bonchev–Trinajstić information content (AvgIpc) is 2.55. The van der Waals surface area contributed by atoms with Crippen molar-refractivity contribution in [3.63, 3.8) is 0 Å². The van der Waals surface area contributed by atoms with E-state index < -0.39 is 0 Å². The molecular weight excluding hydrogens is 272 g/mol. The molecule has 1 aliphatic rings. The Hall–Kier alpha value is -2.13. The second-order valence-electron chi connectivity index (χ2n) is 6.13. The molecule has 3 heteroatoms. The van der Waals surface area contributed by atoms with Crippen molar-refractivity contribution < 1.29 is 4.79 Å². The molecule has 1 saturated heterocycles. The highest BCUT2D eigenvalue weighted by molar-refractivity contribution is 5.94. The molecule has 0 bridgehead atoms. The topological polar surface area (TPSA) is 46.3 Å². The fourth-order valence-electron chi connectivity index (χ4n) is 3.27. The van der Waals surface area contributed by atoms with Crippen molar-refractivity contribution in [3.8, 4) is 0 Å². The zero-order chi connectivity index (χ0) is 15.4. The zero-order valence-electron chi connectivity index (χ0n) is 12.7. The minimum absolute atomic E-state index is 0.0649. The molecule has 3 nitrogen and oxygen atoms in total. The van der Waals surface area contributed by atoms with E-state index in [1.165, 1.54) is 5.56 Å². The molecule has 0 saturated carbocycles. The summed E-state index contributed by atoms with van der Waals surface area (Å²) in [6, 6.07) is 20.0. The van der Waals surface area contributed by atoms with E-state index in [9.17, 15) is 4.79 Å². The molecule has 1 heterocycles. The summed E-state index contributed by atoms with van der Waals surface area (Å²) >= 11 is 0. The highest BCUT2D eigenvalue weighted by Crippen LogP contribution is 2.22. The lowest BCUT2D eigenvalue weighted by molar-refractivity contribution is 0.0649. The molecule has 0 radical (unpaired) electrons. The summed E-state index contributed by atoms with van der Waals surface area (Å²) in [5.74, 6) is 0.521. The van der Waals surface area contributed by atoms with Crippen molar-refractivity contribution in [3.05, 3.63) is 71.8 Å². The molecule has 0 spiro atoms. The molecule has 2 aromatic rings. The van der Waals surface area contributed by atoms with Crippen LogP contribution in [0.1, 0.15) is 22.3 Å². The van der Waals surface area contributed by atoms with Crippen molar-refractivity contribution in [2.75, 3.05) is 13.1 Å². The summed E-state index contributed by atoms with van der Waals surface area (Å²) in [7, 11) is 0. The first kappa shape index (κ1) is 14.8. The predicted octanol–water partition coefficient (Wildman–Crippen LogP) is 2.72. The molecule has 2 atom stereocenters. The second kappa shape index (κ2) is 6.75. The summed E-state index contributed by atoms with van der Waals surface area (Å²) < 4.78 is 0. The normalized spacial score (nSPS) is 21.6. The minimum atomic E-state index is 0.0649. The van der Waals surface area contributed by atoms with Gasteiger partial charge in [0.2, 0.25) is 0 Å². The Morgan fingerprint density at radius 2 is 1.64 bits per heavy atom. The number of amides is 1. The molecule has 1 amide bonds. The maximum absolute atomic E-state index is 12.6. The summed E-state index contributed by atoms with van der Waals surface area (Å²) in [5, 5.41) is 0. The van der Waals surface area contributed by atoms with Crippen LogP contribution in [0.5, 0.6) is 0 Å². The van der Waals surface area contributed by atoms with Crippen molar-refractivity contribution in [2.24, 2.45) is 11.7 Å². The highest BCUT2D eigenvalue weighted by atomic mass is 16.2. The van der Waals surface area contributed by atoms with Crippen molar-refractivity contribution in [2.45, 2.75) is 18.9 Å². The molecule has 3 rings (SSSR count). The van der Waals surface area contributed by atoms with E-state index in [0.29, 0.717) is 12.5 Å². The minimum Gasteiger partial charge on any atom is -0.337 e. The van der Waals surface area contributed by atoms with Gasteiger partial charge in [-0.05, 0) is 36.5 Å². The number of nitrogens with zero attached hydrogens (tertiary/aromatic N) is 1. The Morgan fingerprint density at radius 3 is 2.32 bits per heavy atom. The van der Waals surface area contributed by atoms with Gasteiger partial charge in [-0.1, -0.05) is 48.5 Å². The van der Waals surface area contributed by atoms with Gasteiger partial charge in [0.25, 0.3) is 5.91 Å². The van der Waals surface area contributed by atoms with Crippen LogP contribution in [0.15, 0.2) is 60.7 Å². The monoisotopic (exact) mass is 294 g/mol. The number of carbonyl (C=O) groups is 1. The standard InChI is InChI=1S/C19H22N2O/c20-18-12-16(11-15-7-3-1-4-8-15)13-21(14-18)19(22)17-9-5-2-6-10-17/h1-10,16,18H,11-14,20H2. The van der Waals surface area contributed by atoms with E-state index in [1.807, 2.05) is 41.3 Å². The van der Waals surface area contributed by atoms with Gasteiger partial charge in [0, 0.05) is 24.7 Å². The Labute approximate surface area is 131 Å². The Morgan fingerprint density at radius 1 is 1.00 bits per heavy atom. The molecule has 2 N–H and O–H groups in total.